The fraction of sp³-hybridized carbons (Fsp3) is 0.0769. The standard InChI is InChI=1S/C13H10BF3O2S/c15-9-2-1-8(11(5-9)14(18)19)7-20-10-3-4-12(16)13(17)6-10/h1-6,18-19H,7H2. The van der Waals surface area contributed by atoms with Crippen molar-refractivity contribution in [3.05, 3.63) is 59.4 Å². The molecule has 2 aromatic carbocycles. The molecule has 0 bridgehead atoms. The van der Waals surface area contributed by atoms with Crippen LogP contribution in [0.25, 0.3) is 0 Å². The van der Waals surface area contributed by atoms with E-state index >= 15 is 0 Å². The van der Waals surface area contributed by atoms with E-state index in [-0.39, 0.29) is 11.2 Å². The monoisotopic (exact) mass is 298 g/mol. The Kier molecular flexibility index (Phi) is 4.75. The third-order valence-corrected chi connectivity index (χ3v) is 3.71. The number of rotatable bonds is 4. The van der Waals surface area contributed by atoms with Gasteiger partial charge in [-0.3, -0.25) is 0 Å². The molecule has 0 atom stereocenters. The van der Waals surface area contributed by atoms with E-state index in [9.17, 15) is 23.2 Å². The smallest absolute Gasteiger partial charge is 0.423 e. The van der Waals surface area contributed by atoms with Crippen LogP contribution < -0.4 is 5.46 Å². The van der Waals surface area contributed by atoms with Crippen LogP contribution >= 0.6 is 11.8 Å². The quantitative estimate of drug-likeness (QED) is 0.670. The second-order valence-electron chi connectivity index (χ2n) is 4.08. The van der Waals surface area contributed by atoms with Crippen molar-refractivity contribution in [1.82, 2.24) is 0 Å². The fourth-order valence-corrected chi connectivity index (χ4v) is 2.60. The molecule has 2 rings (SSSR count). The van der Waals surface area contributed by atoms with Crippen LogP contribution in [0.3, 0.4) is 0 Å². The fourth-order valence-electron chi connectivity index (χ4n) is 1.67. The lowest BCUT2D eigenvalue weighted by molar-refractivity contribution is 0.425. The summed E-state index contributed by atoms with van der Waals surface area (Å²) in [5.41, 5.74) is 0.566. The van der Waals surface area contributed by atoms with Crippen LogP contribution in [0, 0.1) is 17.5 Å². The zero-order chi connectivity index (χ0) is 14.7. The topological polar surface area (TPSA) is 40.5 Å². The molecule has 2 aromatic rings. The lowest BCUT2D eigenvalue weighted by atomic mass is 9.77. The van der Waals surface area contributed by atoms with E-state index in [0.29, 0.717) is 10.5 Å². The van der Waals surface area contributed by atoms with Gasteiger partial charge in [-0.05, 0) is 41.4 Å². The van der Waals surface area contributed by atoms with Crippen LogP contribution in [0.1, 0.15) is 5.56 Å². The number of hydrogen-bond acceptors (Lipinski definition) is 3. The second kappa shape index (κ2) is 6.34. The Balaban J connectivity index is 2.16. The molecular formula is C13H10BF3O2S. The zero-order valence-electron chi connectivity index (χ0n) is 10.2. The molecule has 2 N–H and O–H groups in total. The third kappa shape index (κ3) is 3.56. The SMILES string of the molecule is OB(O)c1cc(F)ccc1CSc1ccc(F)c(F)c1. The molecule has 0 saturated heterocycles. The molecule has 0 aliphatic carbocycles. The van der Waals surface area contributed by atoms with Gasteiger partial charge in [-0.1, -0.05) is 6.07 Å². The summed E-state index contributed by atoms with van der Waals surface area (Å²) in [7, 11) is -1.79. The van der Waals surface area contributed by atoms with E-state index in [4.69, 9.17) is 0 Å². The Morgan fingerprint density at radius 3 is 2.35 bits per heavy atom. The molecule has 0 unspecified atom stereocenters. The Hall–Kier alpha value is -1.44. The van der Waals surface area contributed by atoms with Crippen LogP contribution in [0.15, 0.2) is 41.3 Å². The molecular weight excluding hydrogens is 288 g/mol. The molecule has 0 aliphatic heterocycles. The van der Waals surface area contributed by atoms with Crippen molar-refractivity contribution in [2.24, 2.45) is 0 Å². The maximum absolute atomic E-state index is 13.0. The van der Waals surface area contributed by atoms with E-state index in [1.807, 2.05) is 0 Å². The molecule has 2 nitrogen and oxygen atoms in total. The summed E-state index contributed by atoms with van der Waals surface area (Å²) in [4.78, 5) is 0.492. The van der Waals surface area contributed by atoms with Crippen LogP contribution in [-0.2, 0) is 5.75 Å². The van der Waals surface area contributed by atoms with Gasteiger partial charge in [0.05, 0.1) is 0 Å². The first-order valence-corrected chi connectivity index (χ1v) is 6.68. The maximum Gasteiger partial charge on any atom is 0.488 e. The maximum atomic E-state index is 13.0. The molecule has 0 spiro atoms. The van der Waals surface area contributed by atoms with Crippen molar-refractivity contribution in [2.75, 3.05) is 0 Å². The Morgan fingerprint density at radius 1 is 0.950 bits per heavy atom. The van der Waals surface area contributed by atoms with Gasteiger partial charge >= 0.3 is 7.12 Å². The van der Waals surface area contributed by atoms with Gasteiger partial charge in [0.2, 0.25) is 0 Å². The Morgan fingerprint density at radius 2 is 1.70 bits per heavy atom. The lowest BCUT2D eigenvalue weighted by Crippen LogP contribution is -2.33. The van der Waals surface area contributed by atoms with Gasteiger partial charge in [0.15, 0.2) is 11.6 Å². The molecule has 20 heavy (non-hydrogen) atoms. The predicted molar refractivity (Wildman–Crippen MR) is 72.1 cm³/mol. The molecule has 0 radical (unpaired) electrons. The minimum atomic E-state index is -1.79. The number of halogens is 3. The highest BCUT2D eigenvalue weighted by molar-refractivity contribution is 7.98. The van der Waals surface area contributed by atoms with Crippen LogP contribution in [0.2, 0.25) is 0 Å². The zero-order valence-corrected chi connectivity index (χ0v) is 11.0. The van der Waals surface area contributed by atoms with Crippen molar-refractivity contribution in [2.45, 2.75) is 10.6 Å². The highest BCUT2D eigenvalue weighted by atomic mass is 32.2. The number of benzene rings is 2. The minimum absolute atomic E-state index is 0.0556. The van der Waals surface area contributed by atoms with Gasteiger partial charge < -0.3 is 10.0 Å². The molecule has 0 fully saturated rings. The molecule has 0 aliphatic rings. The van der Waals surface area contributed by atoms with Gasteiger partial charge in [0, 0.05) is 10.6 Å². The van der Waals surface area contributed by atoms with Crippen LogP contribution in [0.5, 0.6) is 0 Å². The highest BCUT2D eigenvalue weighted by Gasteiger charge is 2.17. The number of thioether (sulfide) groups is 1. The van der Waals surface area contributed by atoms with Crippen molar-refractivity contribution in [1.29, 1.82) is 0 Å². The van der Waals surface area contributed by atoms with E-state index < -0.39 is 24.6 Å². The Labute approximate surface area is 118 Å². The third-order valence-electron chi connectivity index (χ3n) is 2.67. The molecule has 0 saturated carbocycles. The van der Waals surface area contributed by atoms with E-state index in [1.165, 1.54) is 30.0 Å². The molecule has 104 valence electrons. The van der Waals surface area contributed by atoms with Crippen LogP contribution in [0.4, 0.5) is 13.2 Å². The van der Waals surface area contributed by atoms with Gasteiger partial charge in [0.25, 0.3) is 0 Å². The first kappa shape index (κ1) is 15.0. The number of hydrogen-bond donors (Lipinski definition) is 2. The van der Waals surface area contributed by atoms with E-state index in [1.54, 1.807) is 0 Å². The largest absolute Gasteiger partial charge is 0.488 e. The van der Waals surface area contributed by atoms with Crippen molar-refractivity contribution in [3.8, 4) is 0 Å². The van der Waals surface area contributed by atoms with E-state index in [0.717, 1.165) is 18.2 Å². The molecule has 0 aromatic heterocycles. The van der Waals surface area contributed by atoms with Crippen LogP contribution in [-0.4, -0.2) is 17.2 Å². The summed E-state index contributed by atoms with van der Waals surface area (Å²) < 4.78 is 38.9. The summed E-state index contributed by atoms with van der Waals surface area (Å²) in [6, 6.07) is 7.15. The van der Waals surface area contributed by atoms with Gasteiger partial charge in [-0.25, -0.2) is 13.2 Å². The summed E-state index contributed by atoms with van der Waals surface area (Å²) in [5.74, 6) is -2.17. The molecule has 0 heterocycles. The normalized spacial score (nSPS) is 10.7. The van der Waals surface area contributed by atoms with Gasteiger partial charge in [-0.2, -0.15) is 0 Å². The Bertz CT molecular complexity index is 623. The van der Waals surface area contributed by atoms with Gasteiger partial charge in [0.1, 0.15) is 5.82 Å². The van der Waals surface area contributed by atoms with Crippen molar-refractivity contribution < 1.29 is 23.2 Å². The lowest BCUT2D eigenvalue weighted by Gasteiger charge is -2.09. The highest BCUT2D eigenvalue weighted by Crippen LogP contribution is 2.24. The van der Waals surface area contributed by atoms with E-state index in [2.05, 4.69) is 0 Å². The molecule has 0 amide bonds. The van der Waals surface area contributed by atoms with Crippen molar-refractivity contribution in [3.63, 3.8) is 0 Å². The summed E-state index contributed by atoms with van der Waals surface area (Å²) in [6.07, 6.45) is 0. The summed E-state index contributed by atoms with van der Waals surface area (Å²) >= 11 is 1.18. The molecule has 7 heteroatoms. The summed E-state index contributed by atoms with van der Waals surface area (Å²) in [6.45, 7) is 0. The van der Waals surface area contributed by atoms with Gasteiger partial charge in [-0.15, -0.1) is 11.8 Å². The first-order valence-electron chi connectivity index (χ1n) is 5.69. The first-order chi connectivity index (χ1) is 9.47. The van der Waals surface area contributed by atoms with Crippen molar-refractivity contribution >= 4 is 24.3 Å². The predicted octanol–water partition coefficient (Wildman–Crippen LogP) is 2.08. The average molecular weight is 298 g/mol. The minimum Gasteiger partial charge on any atom is -0.423 e. The average Bonchev–Trinajstić information content (AvgIpc) is 2.41. The summed E-state index contributed by atoms with van der Waals surface area (Å²) in [5, 5.41) is 18.4. The second-order valence-corrected chi connectivity index (χ2v) is 5.13.